The topological polar surface area (TPSA) is 96.9 Å². The molecule has 0 aliphatic carbocycles. The summed E-state index contributed by atoms with van der Waals surface area (Å²) in [5.41, 5.74) is 4.88. The summed E-state index contributed by atoms with van der Waals surface area (Å²) in [4.78, 5) is 12.6. The van der Waals surface area contributed by atoms with Crippen LogP contribution in [0.2, 0.25) is 0 Å². The molecule has 0 radical (unpaired) electrons. The van der Waals surface area contributed by atoms with Crippen LogP contribution in [0.1, 0.15) is 21.5 Å². The molecule has 0 aliphatic rings. The van der Waals surface area contributed by atoms with Crippen molar-refractivity contribution >= 4 is 43.8 Å². The van der Waals surface area contributed by atoms with Crippen molar-refractivity contribution in [3.63, 3.8) is 0 Å². The van der Waals surface area contributed by atoms with E-state index in [0.717, 1.165) is 10.0 Å². The largest absolute Gasteiger partial charge is 0.488 e. The van der Waals surface area contributed by atoms with Crippen LogP contribution in [0.5, 0.6) is 5.75 Å². The molecule has 4 rings (SSSR count). The molecule has 36 heavy (non-hydrogen) atoms. The maximum Gasteiger partial charge on any atom is 0.271 e. The molecule has 4 aromatic carbocycles. The van der Waals surface area contributed by atoms with E-state index in [1.54, 1.807) is 18.2 Å². The van der Waals surface area contributed by atoms with E-state index in [1.807, 2.05) is 48.5 Å². The zero-order chi connectivity index (χ0) is 25.4. The van der Waals surface area contributed by atoms with E-state index in [-0.39, 0.29) is 4.90 Å². The van der Waals surface area contributed by atoms with E-state index in [4.69, 9.17) is 4.74 Å². The molecular weight excluding hydrogens is 542 g/mol. The van der Waals surface area contributed by atoms with Crippen LogP contribution >= 0.6 is 15.9 Å². The Kier molecular flexibility index (Phi) is 8.14. The molecule has 7 nitrogen and oxygen atoms in total. The third-order valence-corrected chi connectivity index (χ3v) is 6.98. The Hall–Kier alpha value is -3.95. The normalized spacial score (nSPS) is 11.2. The lowest BCUT2D eigenvalue weighted by Crippen LogP contribution is -2.18. The number of hydrogen-bond acceptors (Lipinski definition) is 5. The molecule has 0 bridgehead atoms. The van der Waals surface area contributed by atoms with Gasteiger partial charge in [-0.15, -0.1) is 0 Å². The fourth-order valence-corrected chi connectivity index (χ4v) is 4.53. The minimum absolute atomic E-state index is 0.155. The summed E-state index contributed by atoms with van der Waals surface area (Å²) < 4.78 is 34.3. The number of benzene rings is 4. The number of anilines is 1. The Bertz CT molecular complexity index is 1460. The zero-order valence-electron chi connectivity index (χ0n) is 19.0. The van der Waals surface area contributed by atoms with Crippen molar-refractivity contribution in [2.45, 2.75) is 11.5 Å². The Labute approximate surface area is 218 Å². The fourth-order valence-electron chi connectivity index (χ4n) is 3.19. The van der Waals surface area contributed by atoms with Crippen LogP contribution in [-0.2, 0) is 16.6 Å². The van der Waals surface area contributed by atoms with Gasteiger partial charge >= 0.3 is 0 Å². The van der Waals surface area contributed by atoms with Gasteiger partial charge in [-0.05, 0) is 66.2 Å². The lowest BCUT2D eigenvalue weighted by Gasteiger charge is -2.09. The van der Waals surface area contributed by atoms with Crippen LogP contribution in [-0.4, -0.2) is 20.5 Å². The molecule has 0 atom stereocenters. The van der Waals surface area contributed by atoms with Crippen molar-refractivity contribution in [2.75, 3.05) is 4.72 Å². The second kappa shape index (κ2) is 11.7. The SMILES string of the molecule is O=C(NN=Cc1ccccc1OCc1ccc(Br)cc1)c1ccc(NS(=O)(=O)c2ccccc2)cc1. The predicted octanol–water partition coefficient (Wildman–Crippen LogP) is 5.59. The summed E-state index contributed by atoms with van der Waals surface area (Å²) in [6, 6.07) is 29.3. The molecule has 0 spiro atoms. The van der Waals surface area contributed by atoms with Gasteiger partial charge in [0.15, 0.2) is 0 Å². The Morgan fingerprint density at radius 1 is 0.861 bits per heavy atom. The monoisotopic (exact) mass is 563 g/mol. The molecular formula is C27H22BrN3O4S. The summed E-state index contributed by atoms with van der Waals surface area (Å²) in [6.45, 7) is 0.394. The smallest absolute Gasteiger partial charge is 0.271 e. The van der Waals surface area contributed by atoms with Gasteiger partial charge in [0.25, 0.3) is 15.9 Å². The third-order valence-electron chi connectivity index (χ3n) is 5.05. The van der Waals surface area contributed by atoms with Crippen molar-refractivity contribution < 1.29 is 17.9 Å². The second-order valence-corrected chi connectivity index (χ2v) is 10.2. The number of halogens is 1. The maximum atomic E-state index is 12.5. The zero-order valence-corrected chi connectivity index (χ0v) is 21.4. The molecule has 0 saturated heterocycles. The molecule has 182 valence electrons. The first-order valence-corrected chi connectivity index (χ1v) is 13.2. The van der Waals surface area contributed by atoms with E-state index in [2.05, 4.69) is 31.2 Å². The number of hydrazone groups is 1. The van der Waals surface area contributed by atoms with Gasteiger partial charge in [-0.3, -0.25) is 9.52 Å². The molecule has 0 unspecified atom stereocenters. The summed E-state index contributed by atoms with van der Waals surface area (Å²) >= 11 is 3.41. The van der Waals surface area contributed by atoms with Gasteiger partial charge in [-0.2, -0.15) is 5.10 Å². The number of carbonyl (C=O) groups excluding carboxylic acids is 1. The number of para-hydroxylation sites is 1. The van der Waals surface area contributed by atoms with E-state index >= 15 is 0 Å². The molecule has 1 amide bonds. The van der Waals surface area contributed by atoms with Gasteiger partial charge in [0.05, 0.1) is 11.1 Å². The van der Waals surface area contributed by atoms with Crippen LogP contribution in [0.4, 0.5) is 5.69 Å². The number of sulfonamides is 1. The number of hydrogen-bond donors (Lipinski definition) is 2. The first kappa shape index (κ1) is 25.2. The Morgan fingerprint density at radius 2 is 1.53 bits per heavy atom. The van der Waals surface area contributed by atoms with Crippen LogP contribution in [0.3, 0.4) is 0 Å². The highest BCUT2D eigenvalue weighted by Gasteiger charge is 2.14. The molecule has 0 fully saturated rings. The van der Waals surface area contributed by atoms with E-state index in [1.165, 1.54) is 42.6 Å². The van der Waals surface area contributed by atoms with E-state index in [9.17, 15) is 13.2 Å². The molecule has 0 saturated carbocycles. The fraction of sp³-hybridized carbons (Fsp3) is 0.0370. The summed E-state index contributed by atoms with van der Waals surface area (Å²) in [6.07, 6.45) is 1.51. The number of rotatable bonds is 9. The Morgan fingerprint density at radius 3 is 2.25 bits per heavy atom. The number of amides is 1. The highest BCUT2D eigenvalue weighted by molar-refractivity contribution is 9.10. The maximum absolute atomic E-state index is 12.5. The van der Waals surface area contributed by atoms with Gasteiger partial charge in [0, 0.05) is 21.3 Å². The van der Waals surface area contributed by atoms with Crippen molar-refractivity contribution in [3.8, 4) is 5.75 Å². The molecule has 0 aromatic heterocycles. The average Bonchev–Trinajstić information content (AvgIpc) is 2.90. The van der Waals surface area contributed by atoms with Gasteiger partial charge in [0.2, 0.25) is 0 Å². The lowest BCUT2D eigenvalue weighted by atomic mass is 10.2. The van der Waals surface area contributed by atoms with Crippen LogP contribution in [0.15, 0.2) is 118 Å². The number of ether oxygens (including phenoxy) is 1. The Balaban J connectivity index is 1.35. The van der Waals surface area contributed by atoms with Crippen molar-refractivity contribution in [3.05, 3.63) is 124 Å². The minimum Gasteiger partial charge on any atom is -0.488 e. The average molecular weight is 564 g/mol. The van der Waals surface area contributed by atoms with Crippen molar-refractivity contribution in [2.24, 2.45) is 5.10 Å². The quantitative estimate of drug-likeness (QED) is 0.205. The molecule has 2 N–H and O–H groups in total. The number of nitrogens with zero attached hydrogens (tertiary/aromatic N) is 1. The number of nitrogens with one attached hydrogen (secondary N) is 2. The molecule has 9 heteroatoms. The summed E-state index contributed by atoms with van der Waals surface area (Å²) in [5.74, 6) is 0.199. The number of carbonyl (C=O) groups is 1. The predicted molar refractivity (Wildman–Crippen MR) is 144 cm³/mol. The summed E-state index contributed by atoms with van der Waals surface area (Å²) in [7, 11) is -3.71. The van der Waals surface area contributed by atoms with Crippen molar-refractivity contribution in [1.82, 2.24) is 5.43 Å². The van der Waals surface area contributed by atoms with E-state index < -0.39 is 15.9 Å². The van der Waals surface area contributed by atoms with Crippen LogP contribution in [0, 0.1) is 0 Å². The summed E-state index contributed by atoms with van der Waals surface area (Å²) in [5, 5.41) is 4.04. The third kappa shape index (κ3) is 6.80. The van der Waals surface area contributed by atoms with Gasteiger partial charge in [-0.25, -0.2) is 13.8 Å². The molecule has 0 heterocycles. The minimum atomic E-state index is -3.71. The van der Waals surface area contributed by atoms with Gasteiger partial charge in [-0.1, -0.05) is 58.4 Å². The molecule has 4 aromatic rings. The van der Waals surface area contributed by atoms with E-state index in [0.29, 0.717) is 29.2 Å². The molecule has 0 aliphatic heterocycles. The van der Waals surface area contributed by atoms with Gasteiger partial charge < -0.3 is 4.74 Å². The van der Waals surface area contributed by atoms with Crippen molar-refractivity contribution in [1.29, 1.82) is 0 Å². The first-order valence-electron chi connectivity index (χ1n) is 10.9. The second-order valence-electron chi connectivity index (χ2n) is 7.65. The van der Waals surface area contributed by atoms with Crippen LogP contribution in [0.25, 0.3) is 0 Å². The highest BCUT2D eigenvalue weighted by Crippen LogP contribution is 2.19. The first-order chi connectivity index (χ1) is 17.4. The highest BCUT2D eigenvalue weighted by atomic mass is 79.9. The standard InChI is InChI=1S/C27H22BrN3O4S/c28-23-14-10-20(11-15-23)19-35-26-9-5-4-6-22(26)18-29-30-27(32)21-12-16-24(17-13-21)31-36(33,34)25-7-2-1-3-8-25/h1-18,31H,19H2,(H,30,32). The van der Waals surface area contributed by atoms with Gasteiger partial charge in [0.1, 0.15) is 12.4 Å². The lowest BCUT2D eigenvalue weighted by molar-refractivity contribution is 0.0955. The van der Waals surface area contributed by atoms with Crippen LogP contribution < -0.4 is 14.9 Å².